The van der Waals surface area contributed by atoms with E-state index in [1.165, 1.54) is 37.0 Å². The first kappa shape index (κ1) is 25.2. The van der Waals surface area contributed by atoms with Crippen molar-refractivity contribution in [3.8, 4) is 0 Å². The number of carbonyl (C=O) groups excluding carboxylic acids is 3. The second-order valence-corrected chi connectivity index (χ2v) is 11.0. The number of likely N-dealkylation sites (N-methyl/N-ethyl adjacent to an activating group) is 1. The van der Waals surface area contributed by atoms with Crippen LogP contribution in [-0.2, 0) is 16.0 Å². The highest BCUT2D eigenvalue weighted by atomic mass is 16.2. The molecule has 2 aromatic heterocycles. The number of nitrogens with zero attached hydrogens (tertiary/aromatic N) is 4. The maximum absolute atomic E-state index is 13.7. The van der Waals surface area contributed by atoms with Crippen LogP contribution in [0.3, 0.4) is 0 Å². The van der Waals surface area contributed by atoms with Crippen molar-refractivity contribution in [2.75, 3.05) is 24.2 Å². The molecule has 2 saturated carbocycles. The third-order valence-corrected chi connectivity index (χ3v) is 8.54. The number of aromatic nitrogens is 2. The minimum absolute atomic E-state index is 0.156. The van der Waals surface area contributed by atoms with Crippen molar-refractivity contribution in [3.05, 3.63) is 47.9 Å². The molecule has 0 spiro atoms. The van der Waals surface area contributed by atoms with Crippen molar-refractivity contribution < 1.29 is 14.4 Å². The normalized spacial score (nSPS) is 22.8. The molecule has 3 heterocycles. The van der Waals surface area contributed by atoms with Gasteiger partial charge in [0.05, 0.1) is 5.92 Å². The summed E-state index contributed by atoms with van der Waals surface area (Å²) in [6.45, 7) is 2.41. The molecule has 196 valence electrons. The lowest BCUT2D eigenvalue weighted by Crippen LogP contribution is -2.70. The van der Waals surface area contributed by atoms with Crippen LogP contribution in [0.4, 0.5) is 16.3 Å². The molecule has 1 saturated heterocycles. The number of hydrogen-bond donors (Lipinski definition) is 2. The Morgan fingerprint density at radius 2 is 1.86 bits per heavy atom. The van der Waals surface area contributed by atoms with Gasteiger partial charge in [0.25, 0.3) is 5.91 Å². The van der Waals surface area contributed by atoms with E-state index in [2.05, 4.69) is 15.3 Å². The molecule has 37 heavy (non-hydrogen) atoms. The van der Waals surface area contributed by atoms with Gasteiger partial charge in [0, 0.05) is 37.4 Å². The second-order valence-electron chi connectivity index (χ2n) is 11.0. The fourth-order valence-electron chi connectivity index (χ4n) is 6.14. The predicted octanol–water partition coefficient (Wildman–Crippen LogP) is 3.47. The number of hydrogen-bond acceptors (Lipinski definition) is 6. The molecular formula is C28H36N6O3. The van der Waals surface area contributed by atoms with Crippen molar-refractivity contribution >= 4 is 29.4 Å². The highest BCUT2D eigenvalue weighted by Gasteiger charge is 2.56. The number of carbonyl (C=O) groups is 3. The Kier molecular flexibility index (Phi) is 6.88. The first-order chi connectivity index (χ1) is 17.8. The van der Waals surface area contributed by atoms with Gasteiger partial charge >= 0.3 is 6.03 Å². The van der Waals surface area contributed by atoms with Crippen molar-refractivity contribution in [2.45, 2.75) is 64.3 Å². The minimum atomic E-state index is -0.898. The van der Waals surface area contributed by atoms with Crippen LogP contribution >= 0.6 is 0 Å². The molecule has 0 unspecified atom stereocenters. The maximum atomic E-state index is 13.7. The first-order valence-electron chi connectivity index (χ1n) is 13.3. The van der Waals surface area contributed by atoms with Crippen molar-refractivity contribution in [2.24, 2.45) is 17.3 Å². The van der Waals surface area contributed by atoms with Crippen LogP contribution in [0, 0.1) is 24.2 Å². The Bertz CT molecular complexity index is 1190. The fourth-order valence-corrected chi connectivity index (χ4v) is 6.14. The summed E-state index contributed by atoms with van der Waals surface area (Å²) in [4.78, 5) is 51.2. The highest BCUT2D eigenvalue weighted by Crippen LogP contribution is 2.56. The summed E-state index contributed by atoms with van der Waals surface area (Å²) in [5, 5.41) is 3.04. The van der Waals surface area contributed by atoms with Gasteiger partial charge in [0.2, 0.25) is 5.91 Å². The number of amides is 4. The zero-order chi connectivity index (χ0) is 26.2. The van der Waals surface area contributed by atoms with Gasteiger partial charge in [-0.25, -0.2) is 9.78 Å². The molecule has 5 rings (SSSR count). The number of imide groups is 1. The van der Waals surface area contributed by atoms with E-state index in [-0.39, 0.29) is 17.2 Å². The van der Waals surface area contributed by atoms with Gasteiger partial charge in [-0.15, -0.1) is 0 Å². The van der Waals surface area contributed by atoms with E-state index in [0.717, 1.165) is 29.0 Å². The number of pyridine rings is 2. The van der Waals surface area contributed by atoms with Crippen LogP contribution in [-0.4, -0.2) is 52.3 Å². The molecule has 2 aromatic rings. The van der Waals surface area contributed by atoms with Crippen molar-refractivity contribution in [1.29, 1.82) is 0 Å². The number of rotatable bonds is 7. The second kappa shape index (κ2) is 10.1. The molecule has 2 aliphatic carbocycles. The molecule has 2 atom stereocenters. The molecule has 3 N–H and O–H groups in total. The van der Waals surface area contributed by atoms with E-state index in [1.807, 2.05) is 13.0 Å². The Balaban J connectivity index is 1.33. The van der Waals surface area contributed by atoms with Crippen LogP contribution in [0.25, 0.3) is 0 Å². The van der Waals surface area contributed by atoms with Gasteiger partial charge in [0.15, 0.2) is 0 Å². The molecule has 0 bridgehead atoms. The molecule has 0 aromatic carbocycles. The lowest BCUT2D eigenvalue weighted by Gasteiger charge is -2.46. The van der Waals surface area contributed by atoms with E-state index in [0.29, 0.717) is 30.4 Å². The van der Waals surface area contributed by atoms with Crippen LogP contribution < -0.4 is 16.0 Å². The molecule has 3 aliphatic rings. The summed E-state index contributed by atoms with van der Waals surface area (Å²) >= 11 is 0. The number of urea groups is 1. The molecule has 4 amide bonds. The van der Waals surface area contributed by atoms with Crippen LogP contribution in [0.2, 0.25) is 0 Å². The minimum Gasteiger partial charge on any atom is -0.384 e. The van der Waals surface area contributed by atoms with Gasteiger partial charge < -0.3 is 16.0 Å². The van der Waals surface area contributed by atoms with Gasteiger partial charge in [-0.1, -0.05) is 19.3 Å². The van der Waals surface area contributed by atoms with Gasteiger partial charge in [-0.3, -0.25) is 19.5 Å². The molecule has 3 fully saturated rings. The Hall–Kier alpha value is -3.49. The predicted molar refractivity (Wildman–Crippen MR) is 141 cm³/mol. The SMILES string of the molecule is Cc1cc(N(C)C(=O)[C@@H]2[C@@H](Cc3ccnc(N)c3)C(=O)N2C(=O)NCC2(C3CCCCC3)CC2)ccn1. The van der Waals surface area contributed by atoms with E-state index in [9.17, 15) is 14.4 Å². The van der Waals surface area contributed by atoms with Gasteiger partial charge in [0.1, 0.15) is 11.9 Å². The topological polar surface area (TPSA) is 122 Å². The number of likely N-dealkylation sites (tertiary alicyclic amines) is 1. The third-order valence-electron chi connectivity index (χ3n) is 8.54. The van der Waals surface area contributed by atoms with Crippen LogP contribution in [0.15, 0.2) is 36.7 Å². The monoisotopic (exact) mass is 504 g/mol. The third kappa shape index (κ3) is 5.04. The van der Waals surface area contributed by atoms with E-state index in [4.69, 9.17) is 5.73 Å². The van der Waals surface area contributed by atoms with E-state index >= 15 is 0 Å². The lowest BCUT2D eigenvalue weighted by atomic mass is 9.77. The summed E-state index contributed by atoms with van der Waals surface area (Å²) in [5.74, 6) is -0.312. The van der Waals surface area contributed by atoms with E-state index < -0.39 is 18.0 Å². The number of nitrogens with one attached hydrogen (secondary N) is 1. The molecule has 1 aliphatic heterocycles. The molecular weight excluding hydrogens is 468 g/mol. The zero-order valence-corrected chi connectivity index (χ0v) is 21.7. The maximum Gasteiger partial charge on any atom is 0.324 e. The quantitative estimate of drug-likeness (QED) is 0.557. The lowest BCUT2D eigenvalue weighted by molar-refractivity contribution is -0.156. The first-order valence-corrected chi connectivity index (χ1v) is 13.3. The Labute approximate surface area is 217 Å². The molecule has 9 heteroatoms. The van der Waals surface area contributed by atoms with Crippen LogP contribution in [0.5, 0.6) is 0 Å². The Morgan fingerprint density at radius 3 is 2.54 bits per heavy atom. The number of nitrogen functional groups attached to an aromatic ring is 1. The van der Waals surface area contributed by atoms with Crippen molar-refractivity contribution in [3.63, 3.8) is 0 Å². The summed E-state index contributed by atoms with van der Waals surface area (Å²) in [6.07, 6.45) is 12.0. The fraction of sp³-hybridized carbons (Fsp3) is 0.536. The van der Waals surface area contributed by atoms with Crippen LogP contribution in [0.1, 0.15) is 56.2 Å². The average Bonchev–Trinajstić information content (AvgIpc) is 3.70. The number of β-lactam (4-membered cyclic amide) rings is 1. The summed E-state index contributed by atoms with van der Waals surface area (Å²) in [6, 6.07) is 5.66. The standard InChI is InChI=1S/C28H36N6O3/c1-18-14-21(9-13-30-18)33(2)26(36)24-22(15-19-8-12-31-23(29)16-19)25(35)34(24)27(37)32-17-28(10-11-28)20-6-4-3-5-7-20/h8-9,12-14,16,20,22,24H,3-7,10-11,15,17H2,1-2H3,(H2,29,31)(H,32,37)/t22-,24+/m1/s1. The average molecular weight is 505 g/mol. The highest BCUT2D eigenvalue weighted by molar-refractivity contribution is 6.12. The largest absolute Gasteiger partial charge is 0.384 e. The van der Waals surface area contributed by atoms with E-state index in [1.54, 1.807) is 37.6 Å². The van der Waals surface area contributed by atoms with Gasteiger partial charge in [-0.2, -0.15) is 0 Å². The Morgan fingerprint density at radius 1 is 1.14 bits per heavy atom. The summed E-state index contributed by atoms with van der Waals surface area (Å²) in [5.41, 5.74) is 8.23. The number of anilines is 2. The van der Waals surface area contributed by atoms with Crippen molar-refractivity contribution in [1.82, 2.24) is 20.2 Å². The smallest absolute Gasteiger partial charge is 0.324 e. The van der Waals surface area contributed by atoms with Gasteiger partial charge in [-0.05, 0) is 80.2 Å². The molecule has 9 nitrogen and oxygen atoms in total. The summed E-state index contributed by atoms with van der Waals surface area (Å²) in [7, 11) is 1.67. The number of aryl methyl sites for hydroxylation is 1. The summed E-state index contributed by atoms with van der Waals surface area (Å²) < 4.78 is 0. The number of nitrogens with two attached hydrogens (primary N) is 1. The molecule has 0 radical (unpaired) electrons. The zero-order valence-electron chi connectivity index (χ0n) is 21.7.